The quantitative estimate of drug-likeness (QED) is 0.630. The number of amides is 1. The van der Waals surface area contributed by atoms with Crippen LogP contribution in [0.25, 0.3) is 0 Å². The summed E-state index contributed by atoms with van der Waals surface area (Å²) < 4.78 is 5.16. The summed E-state index contributed by atoms with van der Waals surface area (Å²) in [5.74, 6) is -0.295. The maximum Gasteiger partial charge on any atom is 0.311 e. The predicted molar refractivity (Wildman–Crippen MR) is 76.4 cm³/mol. The third-order valence-electron chi connectivity index (χ3n) is 2.97. The Kier molecular flexibility index (Phi) is 4.37. The van der Waals surface area contributed by atoms with Crippen LogP contribution in [0.3, 0.4) is 0 Å². The van der Waals surface area contributed by atoms with E-state index in [1.165, 1.54) is 18.1 Å². The number of benzene rings is 1. The average molecular weight is 280 g/mol. The number of carbonyl (C=O) groups excluding carboxylic acids is 1. The molecule has 0 saturated carbocycles. The van der Waals surface area contributed by atoms with Gasteiger partial charge in [0.05, 0.1) is 17.6 Å². The number of nitro benzene ring substituents is 1. The molecular formula is C14H20N2O4. The lowest BCUT2D eigenvalue weighted by Crippen LogP contribution is -2.27. The van der Waals surface area contributed by atoms with Crippen LogP contribution in [-0.2, 0) is 5.41 Å². The van der Waals surface area contributed by atoms with Crippen LogP contribution < -0.4 is 4.74 Å². The Labute approximate surface area is 118 Å². The Morgan fingerprint density at radius 1 is 1.30 bits per heavy atom. The Balaban J connectivity index is 3.74. The van der Waals surface area contributed by atoms with Crippen LogP contribution in [0.15, 0.2) is 12.1 Å². The first-order valence-electron chi connectivity index (χ1n) is 6.18. The second kappa shape index (κ2) is 5.48. The standard InChI is InChI=1S/C14H20N2O4/c1-14(2,3)9-7-8-10(16(18)19)12(20-6)11(9)13(17)15(4)5/h7-8H,1-6H3. The molecule has 0 saturated heterocycles. The van der Waals surface area contributed by atoms with Crippen molar-refractivity contribution in [2.75, 3.05) is 21.2 Å². The van der Waals surface area contributed by atoms with E-state index in [1.54, 1.807) is 20.2 Å². The van der Waals surface area contributed by atoms with Crippen LogP contribution in [0.1, 0.15) is 36.7 Å². The number of nitrogens with zero attached hydrogens (tertiary/aromatic N) is 2. The molecule has 1 aromatic carbocycles. The highest BCUT2D eigenvalue weighted by Crippen LogP contribution is 2.38. The van der Waals surface area contributed by atoms with Gasteiger partial charge in [-0.1, -0.05) is 26.8 Å². The molecule has 0 spiro atoms. The Morgan fingerprint density at radius 3 is 2.20 bits per heavy atom. The minimum atomic E-state index is -0.544. The molecule has 0 aromatic heterocycles. The highest BCUT2D eigenvalue weighted by Gasteiger charge is 2.31. The van der Waals surface area contributed by atoms with Gasteiger partial charge in [0.2, 0.25) is 5.75 Å². The molecular weight excluding hydrogens is 260 g/mol. The first-order valence-corrected chi connectivity index (χ1v) is 6.18. The Bertz CT molecular complexity index is 545. The fraction of sp³-hybridized carbons (Fsp3) is 0.500. The van der Waals surface area contributed by atoms with E-state index in [4.69, 9.17) is 4.74 Å². The normalized spacial score (nSPS) is 11.1. The molecule has 6 nitrogen and oxygen atoms in total. The highest BCUT2D eigenvalue weighted by molar-refractivity contribution is 6.00. The Hall–Kier alpha value is -2.11. The van der Waals surface area contributed by atoms with Crippen molar-refractivity contribution < 1.29 is 14.5 Å². The van der Waals surface area contributed by atoms with Gasteiger partial charge >= 0.3 is 5.69 Å². The second-order valence-corrected chi connectivity index (χ2v) is 5.75. The van der Waals surface area contributed by atoms with E-state index in [9.17, 15) is 14.9 Å². The van der Waals surface area contributed by atoms with E-state index >= 15 is 0 Å². The zero-order valence-corrected chi connectivity index (χ0v) is 12.7. The van der Waals surface area contributed by atoms with E-state index in [1.807, 2.05) is 20.8 Å². The smallest absolute Gasteiger partial charge is 0.311 e. The fourth-order valence-corrected chi connectivity index (χ4v) is 1.98. The van der Waals surface area contributed by atoms with Gasteiger partial charge < -0.3 is 9.64 Å². The van der Waals surface area contributed by atoms with Gasteiger partial charge in [0.15, 0.2) is 0 Å². The van der Waals surface area contributed by atoms with Crippen LogP contribution in [0, 0.1) is 10.1 Å². The summed E-state index contributed by atoms with van der Waals surface area (Å²) in [6.45, 7) is 5.83. The molecule has 1 amide bonds. The molecule has 20 heavy (non-hydrogen) atoms. The van der Waals surface area contributed by atoms with E-state index in [-0.39, 0.29) is 28.3 Å². The lowest BCUT2D eigenvalue weighted by atomic mass is 9.82. The van der Waals surface area contributed by atoms with Crippen molar-refractivity contribution in [3.63, 3.8) is 0 Å². The topological polar surface area (TPSA) is 72.7 Å². The number of hydrogen-bond donors (Lipinski definition) is 0. The van der Waals surface area contributed by atoms with Crippen molar-refractivity contribution in [2.24, 2.45) is 0 Å². The molecule has 0 aliphatic carbocycles. The zero-order valence-electron chi connectivity index (χ0n) is 12.7. The molecule has 0 heterocycles. The van der Waals surface area contributed by atoms with Crippen LogP contribution in [-0.4, -0.2) is 36.9 Å². The Morgan fingerprint density at radius 2 is 1.85 bits per heavy atom. The molecule has 0 aliphatic heterocycles. The molecule has 1 rings (SSSR count). The molecule has 0 N–H and O–H groups in total. The molecule has 1 aromatic rings. The van der Waals surface area contributed by atoms with Gasteiger partial charge in [0.25, 0.3) is 5.91 Å². The fourth-order valence-electron chi connectivity index (χ4n) is 1.98. The van der Waals surface area contributed by atoms with Crippen LogP contribution in [0.4, 0.5) is 5.69 Å². The van der Waals surface area contributed by atoms with Gasteiger partial charge in [-0.15, -0.1) is 0 Å². The minimum absolute atomic E-state index is 0.0149. The number of ether oxygens (including phenoxy) is 1. The number of carbonyl (C=O) groups is 1. The molecule has 0 atom stereocenters. The molecule has 0 unspecified atom stereocenters. The average Bonchev–Trinajstić information content (AvgIpc) is 2.34. The summed E-state index contributed by atoms with van der Waals surface area (Å²) >= 11 is 0. The van der Waals surface area contributed by atoms with E-state index in [2.05, 4.69) is 0 Å². The summed E-state index contributed by atoms with van der Waals surface area (Å²) in [6, 6.07) is 3.00. The van der Waals surface area contributed by atoms with Gasteiger partial charge in [-0.25, -0.2) is 0 Å². The van der Waals surface area contributed by atoms with Crippen molar-refractivity contribution >= 4 is 11.6 Å². The number of nitro groups is 1. The summed E-state index contributed by atoms with van der Waals surface area (Å²) in [5.41, 5.74) is 0.437. The van der Waals surface area contributed by atoms with Crippen molar-refractivity contribution in [3.05, 3.63) is 33.4 Å². The summed E-state index contributed by atoms with van der Waals surface area (Å²) in [7, 11) is 4.54. The van der Waals surface area contributed by atoms with Gasteiger partial charge in [0, 0.05) is 20.2 Å². The molecule has 0 aliphatic rings. The number of rotatable bonds is 3. The van der Waals surface area contributed by atoms with Crippen LogP contribution >= 0.6 is 0 Å². The van der Waals surface area contributed by atoms with Gasteiger partial charge in [-0.3, -0.25) is 14.9 Å². The van der Waals surface area contributed by atoms with Crippen molar-refractivity contribution in [1.29, 1.82) is 0 Å². The molecule has 110 valence electrons. The van der Waals surface area contributed by atoms with E-state index < -0.39 is 4.92 Å². The maximum absolute atomic E-state index is 12.4. The van der Waals surface area contributed by atoms with Crippen LogP contribution in [0.2, 0.25) is 0 Å². The SMILES string of the molecule is COc1c([N+](=O)[O-])ccc(C(C)(C)C)c1C(=O)N(C)C. The number of methoxy groups -OCH3 is 1. The lowest BCUT2D eigenvalue weighted by Gasteiger charge is -2.25. The third-order valence-corrected chi connectivity index (χ3v) is 2.97. The first kappa shape index (κ1) is 15.9. The predicted octanol–water partition coefficient (Wildman–Crippen LogP) is 2.60. The lowest BCUT2D eigenvalue weighted by molar-refractivity contribution is -0.385. The number of hydrogen-bond acceptors (Lipinski definition) is 4. The highest BCUT2D eigenvalue weighted by atomic mass is 16.6. The summed E-state index contributed by atoms with van der Waals surface area (Å²) in [4.78, 5) is 24.3. The second-order valence-electron chi connectivity index (χ2n) is 5.75. The molecule has 0 radical (unpaired) electrons. The molecule has 6 heteroatoms. The monoisotopic (exact) mass is 280 g/mol. The molecule has 0 bridgehead atoms. The first-order chi connectivity index (χ1) is 9.11. The van der Waals surface area contributed by atoms with Crippen molar-refractivity contribution in [2.45, 2.75) is 26.2 Å². The third kappa shape index (κ3) is 2.89. The minimum Gasteiger partial charge on any atom is -0.490 e. The molecule has 0 fully saturated rings. The van der Waals surface area contributed by atoms with E-state index in [0.717, 1.165) is 5.56 Å². The maximum atomic E-state index is 12.4. The van der Waals surface area contributed by atoms with Crippen molar-refractivity contribution in [1.82, 2.24) is 4.90 Å². The largest absolute Gasteiger partial charge is 0.490 e. The van der Waals surface area contributed by atoms with Crippen molar-refractivity contribution in [3.8, 4) is 5.75 Å². The van der Waals surface area contributed by atoms with E-state index in [0.29, 0.717) is 0 Å². The van der Waals surface area contributed by atoms with Gasteiger partial charge in [-0.05, 0) is 11.0 Å². The van der Waals surface area contributed by atoms with Gasteiger partial charge in [0.1, 0.15) is 0 Å². The van der Waals surface area contributed by atoms with Gasteiger partial charge in [-0.2, -0.15) is 0 Å². The van der Waals surface area contributed by atoms with Crippen LogP contribution in [0.5, 0.6) is 5.75 Å². The summed E-state index contributed by atoms with van der Waals surface area (Å²) in [6.07, 6.45) is 0. The summed E-state index contributed by atoms with van der Waals surface area (Å²) in [5, 5.41) is 11.1. The zero-order chi connectivity index (χ0) is 15.7.